The second-order valence-electron chi connectivity index (χ2n) is 15.2. The van der Waals surface area contributed by atoms with Gasteiger partial charge in [0, 0.05) is 23.7 Å². The van der Waals surface area contributed by atoms with Crippen LogP contribution in [-0.2, 0) is 22.4 Å². The molecule has 12 heteroatoms. The van der Waals surface area contributed by atoms with Crippen molar-refractivity contribution >= 4 is 11.8 Å². The van der Waals surface area contributed by atoms with E-state index in [-0.39, 0.29) is 30.7 Å². The van der Waals surface area contributed by atoms with E-state index in [0.29, 0.717) is 42.3 Å². The Bertz CT molecular complexity index is 2300. The second-order valence-corrected chi connectivity index (χ2v) is 15.2. The average molecular weight is 843 g/mol. The Morgan fingerprint density at radius 1 is 0.516 bits per heavy atom. The van der Waals surface area contributed by atoms with Gasteiger partial charge in [-0.25, -0.2) is 0 Å². The lowest BCUT2D eigenvalue weighted by Gasteiger charge is -2.19. The minimum Gasteiger partial charge on any atom is -0.497 e. The molecule has 4 aromatic carbocycles. The molecule has 0 aliphatic rings. The van der Waals surface area contributed by atoms with Gasteiger partial charge in [-0.15, -0.1) is 0 Å². The minimum atomic E-state index is -0.183. The SMILES string of the molecule is CCCCCCCCC(CCCNC(=O)Cc1onc(-c2ccc(OC)cc2)c1-c1ccc(OC)cc1)NC(=O)Cc1onc(-c2ccc(OC)cc2)c1-c1ccc(OC)cc1. The third-order valence-corrected chi connectivity index (χ3v) is 11.0. The molecular formula is C50H58N4O8. The van der Waals surface area contributed by atoms with Crippen LogP contribution in [0.4, 0.5) is 0 Å². The van der Waals surface area contributed by atoms with E-state index in [2.05, 4.69) is 27.9 Å². The smallest absolute Gasteiger partial charge is 0.227 e. The number of carbonyl (C=O) groups is 2. The van der Waals surface area contributed by atoms with E-state index in [0.717, 1.165) is 75.6 Å². The van der Waals surface area contributed by atoms with Gasteiger partial charge >= 0.3 is 0 Å². The molecule has 0 radical (unpaired) electrons. The Balaban J connectivity index is 1.12. The van der Waals surface area contributed by atoms with Gasteiger partial charge in [0.05, 0.1) is 52.4 Å². The summed E-state index contributed by atoms with van der Waals surface area (Å²) in [4.78, 5) is 27.3. The third kappa shape index (κ3) is 12.0. The van der Waals surface area contributed by atoms with E-state index in [9.17, 15) is 9.59 Å². The van der Waals surface area contributed by atoms with Crippen molar-refractivity contribution in [1.82, 2.24) is 20.9 Å². The fourth-order valence-electron chi connectivity index (χ4n) is 7.56. The predicted octanol–water partition coefficient (Wildman–Crippen LogP) is 10.3. The van der Waals surface area contributed by atoms with Crippen molar-refractivity contribution in [2.45, 2.75) is 83.6 Å². The van der Waals surface area contributed by atoms with Crippen molar-refractivity contribution in [2.75, 3.05) is 35.0 Å². The molecule has 6 aromatic rings. The van der Waals surface area contributed by atoms with Crippen LogP contribution in [0.5, 0.6) is 23.0 Å². The monoisotopic (exact) mass is 842 g/mol. The normalized spacial score (nSPS) is 11.5. The molecule has 0 aliphatic heterocycles. The van der Waals surface area contributed by atoms with E-state index in [1.807, 2.05) is 97.1 Å². The van der Waals surface area contributed by atoms with Crippen molar-refractivity contribution in [3.8, 4) is 67.8 Å². The Morgan fingerprint density at radius 3 is 1.34 bits per heavy atom. The highest BCUT2D eigenvalue weighted by Gasteiger charge is 2.24. The van der Waals surface area contributed by atoms with Gasteiger partial charge in [-0.1, -0.05) is 80.0 Å². The van der Waals surface area contributed by atoms with Gasteiger partial charge in [0.25, 0.3) is 0 Å². The van der Waals surface area contributed by atoms with Crippen LogP contribution in [0.25, 0.3) is 44.8 Å². The number of benzene rings is 4. The molecule has 2 N–H and O–H groups in total. The molecule has 62 heavy (non-hydrogen) atoms. The number of rotatable bonds is 24. The highest BCUT2D eigenvalue weighted by atomic mass is 16.5. The highest BCUT2D eigenvalue weighted by molar-refractivity contribution is 5.88. The van der Waals surface area contributed by atoms with E-state index < -0.39 is 0 Å². The van der Waals surface area contributed by atoms with Crippen LogP contribution in [-0.4, -0.2) is 63.2 Å². The topological polar surface area (TPSA) is 147 Å². The Morgan fingerprint density at radius 2 is 0.903 bits per heavy atom. The molecule has 6 rings (SSSR count). The first-order valence-electron chi connectivity index (χ1n) is 21.4. The maximum absolute atomic E-state index is 13.8. The number of unbranched alkanes of at least 4 members (excludes halogenated alkanes) is 5. The van der Waals surface area contributed by atoms with Gasteiger partial charge in [-0.05, 0) is 103 Å². The summed E-state index contributed by atoms with van der Waals surface area (Å²) < 4.78 is 33.3. The van der Waals surface area contributed by atoms with E-state index in [1.54, 1.807) is 28.4 Å². The van der Waals surface area contributed by atoms with Crippen LogP contribution in [0.1, 0.15) is 76.2 Å². The summed E-state index contributed by atoms with van der Waals surface area (Å²) in [6.45, 7) is 2.65. The predicted molar refractivity (Wildman–Crippen MR) is 241 cm³/mol. The van der Waals surface area contributed by atoms with Crippen LogP contribution in [0.2, 0.25) is 0 Å². The molecule has 0 fully saturated rings. The Labute approximate surface area is 364 Å². The van der Waals surface area contributed by atoms with Crippen molar-refractivity contribution in [1.29, 1.82) is 0 Å². The van der Waals surface area contributed by atoms with Crippen LogP contribution in [0.15, 0.2) is 106 Å². The van der Waals surface area contributed by atoms with Gasteiger partial charge < -0.3 is 38.6 Å². The number of amides is 2. The highest BCUT2D eigenvalue weighted by Crippen LogP contribution is 2.38. The molecule has 326 valence electrons. The summed E-state index contributed by atoms with van der Waals surface area (Å²) in [7, 11) is 6.49. The minimum absolute atomic E-state index is 0.00860. The molecule has 2 aromatic heterocycles. The summed E-state index contributed by atoms with van der Waals surface area (Å²) >= 11 is 0. The molecule has 2 amide bonds. The molecule has 2 heterocycles. The van der Waals surface area contributed by atoms with Crippen LogP contribution < -0.4 is 29.6 Å². The summed E-state index contributed by atoms with van der Waals surface area (Å²) in [5.41, 5.74) is 6.15. The Hall–Kier alpha value is -6.56. The summed E-state index contributed by atoms with van der Waals surface area (Å²) in [5.74, 6) is 3.50. The van der Waals surface area contributed by atoms with Crippen LogP contribution >= 0.6 is 0 Å². The van der Waals surface area contributed by atoms with E-state index in [4.69, 9.17) is 28.0 Å². The number of methoxy groups -OCH3 is 4. The lowest BCUT2D eigenvalue weighted by molar-refractivity contribution is -0.122. The lowest BCUT2D eigenvalue weighted by atomic mass is 9.97. The lowest BCUT2D eigenvalue weighted by Crippen LogP contribution is -2.36. The molecule has 0 aliphatic carbocycles. The molecule has 0 bridgehead atoms. The molecule has 0 spiro atoms. The summed E-state index contributed by atoms with van der Waals surface area (Å²) in [5, 5.41) is 15.2. The van der Waals surface area contributed by atoms with Crippen molar-refractivity contribution in [3.63, 3.8) is 0 Å². The number of hydrogen-bond acceptors (Lipinski definition) is 10. The second kappa shape index (κ2) is 22.9. The van der Waals surface area contributed by atoms with Crippen molar-refractivity contribution in [2.24, 2.45) is 0 Å². The van der Waals surface area contributed by atoms with Crippen molar-refractivity contribution < 1.29 is 37.6 Å². The van der Waals surface area contributed by atoms with Crippen LogP contribution in [0, 0.1) is 0 Å². The zero-order valence-electron chi connectivity index (χ0n) is 36.5. The number of ether oxygens (including phenoxy) is 4. The van der Waals surface area contributed by atoms with Gasteiger partial charge in [0.2, 0.25) is 11.8 Å². The average Bonchev–Trinajstić information content (AvgIpc) is 3.93. The standard InChI is InChI=1S/C50H58N4O8/c1-6-7-8-9-10-11-13-38(52-46(56)33-44-48(35-17-25-40(58-3)26-18-35)50(54-62-44)37-21-29-42(60-5)30-22-37)14-12-31-51-45(55)32-43-47(34-15-23-39(57-2)24-16-34)49(53-61-43)36-19-27-41(59-4)28-20-36/h15-30,38H,6-14,31-33H2,1-5H3,(H,51,55)(H,52,56). The first kappa shape index (κ1) is 45.0. The third-order valence-electron chi connectivity index (χ3n) is 11.0. The Kier molecular flexibility index (Phi) is 16.6. The molecule has 1 unspecified atom stereocenters. The number of nitrogens with one attached hydrogen (secondary N) is 2. The molecular weight excluding hydrogens is 785 g/mol. The molecule has 12 nitrogen and oxygen atoms in total. The molecule has 0 saturated carbocycles. The number of aromatic nitrogens is 2. The zero-order chi connectivity index (χ0) is 43.7. The van der Waals surface area contributed by atoms with Gasteiger partial charge in [-0.2, -0.15) is 0 Å². The van der Waals surface area contributed by atoms with Gasteiger partial charge in [0.15, 0.2) is 11.5 Å². The van der Waals surface area contributed by atoms with Crippen molar-refractivity contribution in [3.05, 3.63) is 109 Å². The van der Waals surface area contributed by atoms with E-state index in [1.165, 1.54) is 25.7 Å². The summed E-state index contributed by atoms with van der Waals surface area (Å²) in [6, 6.07) is 30.3. The largest absolute Gasteiger partial charge is 0.497 e. The number of hydrogen-bond donors (Lipinski definition) is 2. The van der Waals surface area contributed by atoms with Gasteiger partial charge in [-0.3, -0.25) is 9.59 Å². The quantitative estimate of drug-likeness (QED) is 0.0564. The zero-order valence-corrected chi connectivity index (χ0v) is 36.5. The number of carbonyl (C=O) groups excluding carboxylic acids is 2. The fraction of sp³-hybridized carbons (Fsp3) is 0.360. The van der Waals surface area contributed by atoms with Gasteiger partial charge in [0.1, 0.15) is 34.4 Å². The first-order chi connectivity index (χ1) is 30.3. The molecule has 0 saturated heterocycles. The maximum atomic E-state index is 13.8. The maximum Gasteiger partial charge on any atom is 0.227 e. The van der Waals surface area contributed by atoms with E-state index >= 15 is 0 Å². The fourth-order valence-corrected chi connectivity index (χ4v) is 7.56. The first-order valence-corrected chi connectivity index (χ1v) is 21.4. The molecule has 1 atom stereocenters. The number of nitrogens with zero attached hydrogens (tertiary/aromatic N) is 2. The summed E-state index contributed by atoms with van der Waals surface area (Å²) in [6.07, 6.45) is 9.12. The van der Waals surface area contributed by atoms with Crippen LogP contribution in [0.3, 0.4) is 0 Å².